The average Bonchev–Trinajstić information content (AvgIpc) is 3.15. The van der Waals surface area contributed by atoms with E-state index in [0.29, 0.717) is 33.2 Å². The molecule has 2 aliphatic heterocycles. The van der Waals surface area contributed by atoms with E-state index in [-0.39, 0.29) is 13.2 Å². The van der Waals surface area contributed by atoms with Crippen LogP contribution in [0.1, 0.15) is 22.8 Å². The van der Waals surface area contributed by atoms with Gasteiger partial charge in [-0.15, -0.1) is 13.2 Å². The summed E-state index contributed by atoms with van der Waals surface area (Å²) < 4.78 is 56.7. The lowest BCUT2D eigenvalue weighted by Gasteiger charge is -2.35. The van der Waals surface area contributed by atoms with E-state index in [2.05, 4.69) is 13.2 Å². The fourth-order valence-electron chi connectivity index (χ4n) is 6.99. The van der Waals surface area contributed by atoms with Crippen LogP contribution in [0.2, 0.25) is 0 Å². The molecular weight excluding hydrogens is 662 g/mol. The molecule has 4 unspecified atom stereocenters. The third kappa shape index (κ3) is 5.28. The van der Waals surface area contributed by atoms with E-state index >= 15 is 9.13 Å². The van der Waals surface area contributed by atoms with Crippen LogP contribution < -0.4 is 19.7 Å². The van der Waals surface area contributed by atoms with Gasteiger partial charge in [-0.3, -0.25) is 9.13 Å². The molecule has 0 bridgehead atoms. The second-order valence-electron chi connectivity index (χ2n) is 12.2. The summed E-state index contributed by atoms with van der Waals surface area (Å²) >= 11 is 0. The first kappa shape index (κ1) is 32.3. The Kier molecular flexibility index (Phi) is 8.42. The second-order valence-corrected chi connectivity index (χ2v) is 16.8. The van der Waals surface area contributed by atoms with Crippen molar-refractivity contribution in [2.24, 2.45) is 0 Å². The highest BCUT2D eigenvalue weighted by Crippen LogP contribution is 2.66. The van der Waals surface area contributed by atoms with Crippen molar-refractivity contribution in [1.29, 1.82) is 0 Å². The summed E-state index contributed by atoms with van der Waals surface area (Å²) in [6.07, 6.45) is 3.27. The zero-order valence-electron chi connectivity index (χ0n) is 27.2. The van der Waals surface area contributed by atoms with Crippen LogP contribution in [0.25, 0.3) is 33.0 Å². The lowest BCUT2D eigenvalue weighted by atomic mass is 10.0. The van der Waals surface area contributed by atoms with Gasteiger partial charge in [0.1, 0.15) is 11.5 Å². The quantitative estimate of drug-likeness (QED) is 0.105. The first-order valence-electron chi connectivity index (χ1n) is 16.4. The van der Waals surface area contributed by atoms with Gasteiger partial charge in [-0.05, 0) is 63.4 Å². The predicted octanol–water partition coefficient (Wildman–Crippen LogP) is 10.6. The number of benzene rings is 6. The molecule has 0 aromatic heterocycles. The SMILES string of the molecule is C=CCOC(c1ccc2cccc(C(OCC=C)P3(=O)Oc4ccccc4-c4ccccc43)c2c1)P1(=O)Oc2ccccc2-c2ccccc21. The van der Waals surface area contributed by atoms with Crippen LogP contribution in [-0.4, -0.2) is 13.2 Å². The van der Waals surface area contributed by atoms with Crippen LogP contribution in [-0.2, 0) is 18.6 Å². The average molecular weight is 697 g/mol. The third-order valence-electron chi connectivity index (χ3n) is 9.15. The van der Waals surface area contributed by atoms with E-state index < -0.39 is 26.4 Å². The molecule has 0 N–H and O–H groups in total. The van der Waals surface area contributed by atoms with Gasteiger partial charge in [-0.25, -0.2) is 0 Å². The fourth-order valence-corrected chi connectivity index (χ4v) is 12.1. The molecule has 0 radical (unpaired) electrons. The molecule has 6 aromatic rings. The smallest absolute Gasteiger partial charge is 0.310 e. The van der Waals surface area contributed by atoms with Crippen LogP contribution in [0.4, 0.5) is 0 Å². The maximum absolute atomic E-state index is 15.5. The first-order valence-corrected chi connectivity index (χ1v) is 19.8. The highest BCUT2D eigenvalue weighted by molar-refractivity contribution is 7.68. The van der Waals surface area contributed by atoms with Crippen LogP contribution in [0.5, 0.6) is 11.5 Å². The Morgan fingerprint density at radius 1 is 0.560 bits per heavy atom. The van der Waals surface area contributed by atoms with E-state index in [1.54, 1.807) is 12.2 Å². The Labute approximate surface area is 291 Å². The normalized spacial score (nSPS) is 19.8. The first-order chi connectivity index (χ1) is 24.5. The fraction of sp³-hybridized carbons (Fsp3) is 0.0952. The molecule has 0 saturated carbocycles. The van der Waals surface area contributed by atoms with Crippen molar-refractivity contribution < 1.29 is 27.7 Å². The maximum Gasteiger partial charge on any atom is 0.310 e. The van der Waals surface area contributed by atoms with Gasteiger partial charge < -0.3 is 18.5 Å². The Balaban J connectivity index is 1.30. The minimum absolute atomic E-state index is 0.141. The topological polar surface area (TPSA) is 71.1 Å². The molecule has 4 atom stereocenters. The summed E-state index contributed by atoms with van der Waals surface area (Å²) in [5, 5.41) is 2.82. The standard InChI is InChI=1S/C42H34O6P2/c1-3-26-45-41(49(43)39-22-11-7-17-33(39)31-15-5-9-20-37(31)47-49)30-25-24-29-14-13-19-35(36(29)28-30)42(46-27-4-2)50(44)40-23-12-8-18-34(40)32-16-6-10-21-38(32)48-50/h3-25,28,41-42H,1-2,26-27H2. The highest BCUT2D eigenvalue weighted by atomic mass is 31.2. The molecule has 50 heavy (non-hydrogen) atoms. The summed E-state index contributed by atoms with van der Waals surface area (Å²) in [7, 11) is -7.52. The van der Waals surface area contributed by atoms with Gasteiger partial charge in [0.25, 0.3) is 0 Å². The summed E-state index contributed by atoms with van der Waals surface area (Å²) in [4.78, 5) is 0. The number of ether oxygens (including phenoxy) is 2. The Morgan fingerprint density at radius 3 is 1.64 bits per heavy atom. The van der Waals surface area contributed by atoms with Gasteiger partial charge >= 0.3 is 14.7 Å². The Morgan fingerprint density at radius 2 is 1.06 bits per heavy atom. The number of hydrogen-bond acceptors (Lipinski definition) is 6. The third-order valence-corrected chi connectivity index (χ3v) is 14.3. The zero-order valence-corrected chi connectivity index (χ0v) is 29.0. The van der Waals surface area contributed by atoms with Crippen molar-refractivity contribution in [1.82, 2.24) is 0 Å². The molecule has 0 amide bonds. The van der Waals surface area contributed by atoms with Crippen molar-refractivity contribution >= 4 is 36.1 Å². The molecule has 0 fully saturated rings. The van der Waals surface area contributed by atoms with E-state index in [9.17, 15) is 0 Å². The van der Waals surface area contributed by atoms with Gasteiger partial charge in [-0.2, -0.15) is 0 Å². The van der Waals surface area contributed by atoms with Crippen molar-refractivity contribution in [3.8, 4) is 33.8 Å². The number of para-hydroxylation sites is 2. The van der Waals surface area contributed by atoms with Crippen LogP contribution in [0, 0.1) is 0 Å². The van der Waals surface area contributed by atoms with E-state index in [0.717, 1.165) is 33.0 Å². The van der Waals surface area contributed by atoms with Crippen molar-refractivity contribution in [2.45, 2.75) is 11.7 Å². The number of rotatable bonds is 10. The predicted molar refractivity (Wildman–Crippen MR) is 201 cm³/mol. The van der Waals surface area contributed by atoms with Gasteiger partial charge in [-0.1, -0.05) is 115 Å². The lowest BCUT2D eigenvalue weighted by molar-refractivity contribution is 0.124. The van der Waals surface area contributed by atoms with Gasteiger partial charge in [0.2, 0.25) is 0 Å². The molecule has 6 nitrogen and oxygen atoms in total. The van der Waals surface area contributed by atoms with Gasteiger partial charge in [0.05, 0.1) is 23.8 Å². The molecular formula is C42H34O6P2. The molecule has 6 aromatic carbocycles. The van der Waals surface area contributed by atoms with Crippen molar-refractivity contribution in [3.05, 3.63) is 170 Å². The van der Waals surface area contributed by atoms with Crippen LogP contribution in [0.3, 0.4) is 0 Å². The molecule has 248 valence electrons. The number of fused-ring (bicyclic) bond motifs is 7. The Bertz CT molecular complexity index is 2380. The number of hydrogen-bond donors (Lipinski definition) is 0. The van der Waals surface area contributed by atoms with Crippen LogP contribution >= 0.6 is 14.7 Å². The summed E-state index contributed by atoms with van der Waals surface area (Å²) in [5.74, 6) is -0.898. The molecule has 0 aliphatic carbocycles. The summed E-state index contributed by atoms with van der Waals surface area (Å²) in [6.45, 7) is 8.02. The molecule has 8 heteroatoms. The van der Waals surface area contributed by atoms with Crippen LogP contribution in [0.15, 0.2) is 159 Å². The zero-order chi connectivity index (χ0) is 34.3. The molecule has 8 rings (SSSR count). The minimum Gasteiger partial charge on any atom is -0.437 e. The van der Waals surface area contributed by atoms with E-state index in [4.69, 9.17) is 18.5 Å². The molecule has 0 spiro atoms. The minimum atomic E-state index is -3.77. The molecule has 0 saturated heterocycles. The van der Waals surface area contributed by atoms with Gasteiger partial charge in [0, 0.05) is 11.1 Å². The lowest BCUT2D eigenvalue weighted by Crippen LogP contribution is -2.24. The largest absolute Gasteiger partial charge is 0.437 e. The van der Waals surface area contributed by atoms with Crippen molar-refractivity contribution in [3.63, 3.8) is 0 Å². The second kappa shape index (κ2) is 13.1. The Hall–Kier alpha value is -4.96. The van der Waals surface area contributed by atoms with E-state index in [1.165, 1.54) is 0 Å². The highest BCUT2D eigenvalue weighted by Gasteiger charge is 2.47. The summed E-state index contributed by atoms with van der Waals surface area (Å²) in [6, 6.07) is 42.1. The summed E-state index contributed by atoms with van der Waals surface area (Å²) in [5.41, 5.74) is 4.74. The van der Waals surface area contributed by atoms with E-state index in [1.807, 2.05) is 133 Å². The van der Waals surface area contributed by atoms with Gasteiger partial charge in [0.15, 0.2) is 11.7 Å². The monoisotopic (exact) mass is 696 g/mol. The maximum atomic E-state index is 15.5. The van der Waals surface area contributed by atoms with Crippen molar-refractivity contribution in [2.75, 3.05) is 13.2 Å². The molecule has 2 aliphatic rings. The molecule has 2 heterocycles.